The van der Waals surface area contributed by atoms with Gasteiger partial charge in [-0.1, -0.05) is 6.07 Å². The second-order valence-corrected chi connectivity index (χ2v) is 9.19. The van der Waals surface area contributed by atoms with Crippen molar-refractivity contribution in [3.63, 3.8) is 0 Å². The number of sulfone groups is 1. The van der Waals surface area contributed by atoms with Crippen molar-refractivity contribution in [3.05, 3.63) is 23.8 Å². The van der Waals surface area contributed by atoms with Crippen molar-refractivity contribution in [1.82, 2.24) is 4.31 Å². The summed E-state index contributed by atoms with van der Waals surface area (Å²) < 4.78 is 49.6. The van der Waals surface area contributed by atoms with Crippen LogP contribution in [0.25, 0.3) is 0 Å². The maximum absolute atomic E-state index is 12.7. The third kappa shape index (κ3) is 3.01. The fourth-order valence-corrected chi connectivity index (χ4v) is 5.12. The first-order valence-electron chi connectivity index (χ1n) is 6.60. The molecular formula is C13H17NO6S2. The highest BCUT2D eigenvalue weighted by Gasteiger charge is 2.40. The number of sulfonamides is 1. The Labute approximate surface area is 129 Å². The molecule has 0 aliphatic carbocycles. The second kappa shape index (κ2) is 5.64. The Morgan fingerprint density at radius 3 is 2.45 bits per heavy atom. The monoisotopic (exact) mass is 347 g/mol. The van der Waals surface area contributed by atoms with E-state index in [9.17, 15) is 21.6 Å². The smallest absolute Gasteiger partial charge is 0.322 e. The van der Waals surface area contributed by atoms with Gasteiger partial charge in [0.25, 0.3) is 0 Å². The molecule has 122 valence electrons. The summed E-state index contributed by atoms with van der Waals surface area (Å²) in [7, 11) is -7.61. The van der Waals surface area contributed by atoms with Gasteiger partial charge in [0, 0.05) is 12.8 Å². The lowest BCUT2D eigenvalue weighted by Gasteiger charge is -2.22. The lowest BCUT2D eigenvalue weighted by molar-refractivity contribution is -0.140. The number of carboxylic acids is 1. The van der Waals surface area contributed by atoms with Gasteiger partial charge in [-0.15, -0.1) is 0 Å². The minimum Gasteiger partial charge on any atom is -0.480 e. The van der Waals surface area contributed by atoms with Gasteiger partial charge in [0.2, 0.25) is 10.0 Å². The van der Waals surface area contributed by atoms with E-state index >= 15 is 0 Å². The molecule has 0 aromatic heterocycles. The summed E-state index contributed by atoms with van der Waals surface area (Å²) in [6, 6.07) is 2.74. The summed E-state index contributed by atoms with van der Waals surface area (Å²) in [5.41, 5.74) is 0.378. The molecule has 9 heteroatoms. The summed E-state index contributed by atoms with van der Waals surface area (Å²) >= 11 is 0. The maximum atomic E-state index is 12.7. The van der Waals surface area contributed by atoms with Gasteiger partial charge < -0.3 is 5.11 Å². The molecule has 0 amide bonds. The zero-order valence-electron chi connectivity index (χ0n) is 12.2. The van der Waals surface area contributed by atoms with Crippen molar-refractivity contribution < 1.29 is 26.7 Å². The van der Waals surface area contributed by atoms with Crippen LogP contribution in [-0.2, 0) is 24.7 Å². The quantitative estimate of drug-likeness (QED) is 0.856. The van der Waals surface area contributed by atoms with E-state index in [1.807, 2.05) is 0 Å². The summed E-state index contributed by atoms with van der Waals surface area (Å²) in [5, 5.41) is 9.15. The molecule has 22 heavy (non-hydrogen) atoms. The Balaban J connectivity index is 2.57. The minimum atomic E-state index is -4.06. The number of rotatable bonds is 4. The summed E-state index contributed by atoms with van der Waals surface area (Å²) in [6.45, 7) is 1.66. The molecule has 0 spiro atoms. The molecule has 1 N–H and O–H groups in total. The molecule has 7 nitrogen and oxygen atoms in total. The molecule has 1 saturated heterocycles. The minimum absolute atomic E-state index is 0.109. The zero-order valence-corrected chi connectivity index (χ0v) is 13.8. The Hall–Kier alpha value is -1.45. The highest BCUT2D eigenvalue weighted by Crippen LogP contribution is 2.29. The SMILES string of the molecule is Cc1ccc(S(C)(=O)=O)cc1S(=O)(=O)N1CCC[C@H]1C(=O)O. The first-order chi connectivity index (χ1) is 10.0. The predicted molar refractivity (Wildman–Crippen MR) is 78.8 cm³/mol. The van der Waals surface area contributed by atoms with Gasteiger partial charge in [0.1, 0.15) is 6.04 Å². The molecule has 1 heterocycles. The number of hydrogen-bond acceptors (Lipinski definition) is 5. The Morgan fingerprint density at radius 1 is 1.27 bits per heavy atom. The average molecular weight is 347 g/mol. The number of carbonyl (C=O) groups is 1. The maximum Gasteiger partial charge on any atom is 0.322 e. The summed E-state index contributed by atoms with van der Waals surface area (Å²) in [5.74, 6) is -1.20. The molecule has 1 aromatic carbocycles. The molecule has 1 atom stereocenters. The molecule has 1 aliphatic rings. The first kappa shape index (κ1) is 16.9. The van der Waals surface area contributed by atoms with Crippen molar-refractivity contribution in [2.75, 3.05) is 12.8 Å². The summed E-state index contributed by atoms with van der Waals surface area (Å²) in [6.07, 6.45) is 1.70. The van der Waals surface area contributed by atoms with Gasteiger partial charge in [-0.05, 0) is 37.5 Å². The molecular weight excluding hydrogens is 330 g/mol. The van der Waals surface area contributed by atoms with Gasteiger partial charge in [-0.2, -0.15) is 4.31 Å². The Bertz CT molecular complexity index is 813. The van der Waals surface area contributed by atoms with E-state index in [1.54, 1.807) is 6.92 Å². The standard InChI is InChI=1S/C13H17NO6S2/c1-9-5-6-10(21(2,17)18)8-12(9)22(19,20)14-7-3-4-11(14)13(15)16/h5-6,8,11H,3-4,7H2,1-2H3,(H,15,16)/t11-/m0/s1. The molecule has 1 aromatic rings. The van der Waals surface area contributed by atoms with Crippen LogP contribution in [0.1, 0.15) is 18.4 Å². The first-order valence-corrected chi connectivity index (χ1v) is 9.93. The van der Waals surface area contributed by atoms with E-state index in [4.69, 9.17) is 5.11 Å². The number of aryl methyl sites for hydroxylation is 1. The second-order valence-electron chi connectivity index (χ2n) is 5.31. The van der Waals surface area contributed by atoms with Crippen molar-refractivity contribution >= 4 is 25.8 Å². The number of nitrogens with zero attached hydrogens (tertiary/aromatic N) is 1. The molecule has 0 bridgehead atoms. The molecule has 0 radical (unpaired) electrons. The highest BCUT2D eigenvalue weighted by molar-refractivity contribution is 7.91. The highest BCUT2D eigenvalue weighted by atomic mass is 32.2. The van der Waals surface area contributed by atoms with Crippen LogP contribution in [0.2, 0.25) is 0 Å². The van der Waals surface area contributed by atoms with Crippen LogP contribution in [-0.4, -0.2) is 51.1 Å². The van der Waals surface area contributed by atoms with Gasteiger partial charge in [-0.3, -0.25) is 4.79 Å². The number of carboxylic acid groups (broad SMARTS) is 1. The van der Waals surface area contributed by atoms with Gasteiger partial charge >= 0.3 is 5.97 Å². The van der Waals surface area contributed by atoms with Crippen molar-refractivity contribution in [2.24, 2.45) is 0 Å². The number of benzene rings is 1. The third-order valence-corrected chi connectivity index (χ3v) is 6.82. The van der Waals surface area contributed by atoms with Crippen LogP contribution in [0.15, 0.2) is 28.0 Å². The Morgan fingerprint density at radius 2 is 1.91 bits per heavy atom. The lowest BCUT2D eigenvalue weighted by atomic mass is 10.2. The third-order valence-electron chi connectivity index (χ3n) is 3.66. The largest absolute Gasteiger partial charge is 0.480 e. The number of hydrogen-bond donors (Lipinski definition) is 1. The van der Waals surface area contributed by atoms with Crippen LogP contribution < -0.4 is 0 Å². The van der Waals surface area contributed by atoms with Crippen LogP contribution in [0.5, 0.6) is 0 Å². The van der Waals surface area contributed by atoms with E-state index in [0.717, 1.165) is 16.6 Å². The normalized spacial score (nSPS) is 20.2. The molecule has 0 unspecified atom stereocenters. The van der Waals surface area contributed by atoms with Crippen LogP contribution in [0, 0.1) is 6.92 Å². The van der Waals surface area contributed by atoms with E-state index < -0.39 is 31.9 Å². The average Bonchev–Trinajstić information content (AvgIpc) is 2.87. The van der Waals surface area contributed by atoms with E-state index in [2.05, 4.69) is 0 Å². The van der Waals surface area contributed by atoms with E-state index in [1.165, 1.54) is 12.1 Å². The fourth-order valence-electron chi connectivity index (χ4n) is 2.49. The summed E-state index contributed by atoms with van der Waals surface area (Å²) in [4.78, 5) is 10.9. The van der Waals surface area contributed by atoms with Crippen molar-refractivity contribution in [1.29, 1.82) is 0 Å². The van der Waals surface area contributed by atoms with Crippen LogP contribution >= 0.6 is 0 Å². The fraction of sp³-hybridized carbons (Fsp3) is 0.462. The molecule has 2 rings (SSSR count). The topological polar surface area (TPSA) is 109 Å². The molecule has 1 fully saturated rings. The van der Waals surface area contributed by atoms with Gasteiger partial charge in [0.05, 0.1) is 9.79 Å². The van der Waals surface area contributed by atoms with Crippen molar-refractivity contribution in [2.45, 2.75) is 35.6 Å². The lowest BCUT2D eigenvalue weighted by Crippen LogP contribution is -2.40. The Kier molecular flexibility index (Phi) is 4.33. The molecule has 1 aliphatic heterocycles. The molecule has 0 saturated carbocycles. The van der Waals surface area contributed by atoms with Gasteiger partial charge in [-0.25, -0.2) is 16.8 Å². The zero-order chi connectivity index (χ0) is 16.7. The predicted octanol–water partition coefficient (Wildman–Crippen LogP) is 0.636. The van der Waals surface area contributed by atoms with Crippen molar-refractivity contribution in [3.8, 4) is 0 Å². The number of aliphatic carboxylic acids is 1. The van der Waals surface area contributed by atoms with Crippen LogP contribution in [0.4, 0.5) is 0 Å². The van der Waals surface area contributed by atoms with Crippen LogP contribution in [0.3, 0.4) is 0 Å². The van der Waals surface area contributed by atoms with Gasteiger partial charge in [0.15, 0.2) is 9.84 Å². The van der Waals surface area contributed by atoms with E-state index in [-0.39, 0.29) is 22.8 Å². The van der Waals surface area contributed by atoms with E-state index in [0.29, 0.717) is 12.0 Å².